The minimum Gasteiger partial charge on any atom is -0.444 e. The number of amides is 1. The van der Waals surface area contributed by atoms with E-state index in [1.165, 1.54) is 96.7 Å². The molecule has 0 heterocycles. The Morgan fingerprint density at radius 2 is 1.35 bits per heavy atom. The number of carbonyl (C=O) groups excluding carboxylic acids is 1. The summed E-state index contributed by atoms with van der Waals surface area (Å²) in [4.78, 5) is 12.9. The van der Waals surface area contributed by atoms with E-state index in [0.29, 0.717) is 6.61 Å². The van der Waals surface area contributed by atoms with E-state index in [9.17, 15) is 4.79 Å². The lowest BCUT2D eigenvalue weighted by Gasteiger charge is -2.39. The van der Waals surface area contributed by atoms with Crippen LogP contribution in [0.25, 0.3) is 5.57 Å². The largest absolute Gasteiger partial charge is 0.444 e. The van der Waals surface area contributed by atoms with E-state index in [4.69, 9.17) is 4.74 Å². The Morgan fingerprint density at radius 1 is 0.838 bits per heavy atom. The second-order valence-corrected chi connectivity index (χ2v) is 11.7. The van der Waals surface area contributed by atoms with Crippen molar-refractivity contribution in [2.75, 3.05) is 32.8 Å². The van der Waals surface area contributed by atoms with Gasteiger partial charge in [0.2, 0.25) is 0 Å². The molecule has 1 amide bonds. The van der Waals surface area contributed by atoms with Gasteiger partial charge in [-0.05, 0) is 76.5 Å². The van der Waals surface area contributed by atoms with Crippen LogP contribution >= 0.6 is 0 Å². The third-order valence-electron chi connectivity index (χ3n) is 7.75. The molecule has 0 bridgehead atoms. The molecule has 0 aromatic heterocycles. The molecule has 0 aliphatic carbocycles. The normalized spacial score (nSPS) is 11.9. The zero-order valence-electron chi connectivity index (χ0n) is 25.3. The molecule has 0 saturated heterocycles. The molecule has 37 heavy (non-hydrogen) atoms. The lowest BCUT2D eigenvalue weighted by Crippen LogP contribution is -2.52. The van der Waals surface area contributed by atoms with E-state index in [1.807, 2.05) is 26.8 Å². The Hall–Kier alpha value is -1.81. The van der Waals surface area contributed by atoms with Crippen molar-refractivity contribution < 1.29 is 14.0 Å². The van der Waals surface area contributed by atoms with E-state index in [0.717, 1.165) is 27.7 Å². The Balaban J connectivity index is 2.82. The Morgan fingerprint density at radius 3 is 1.81 bits per heavy atom. The number of ether oxygens (including phenoxy) is 1. The van der Waals surface area contributed by atoms with Crippen LogP contribution in [0.1, 0.15) is 130 Å². The van der Waals surface area contributed by atoms with Crippen molar-refractivity contribution in [2.45, 2.75) is 124 Å². The molecule has 0 spiro atoms. The van der Waals surface area contributed by atoms with E-state index in [1.54, 1.807) is 0 Å². The predicted octanol–water partition coefficient (Wildman–Crippen LogP) is 9.24. The molecule has 0 atom stereocenters. The highest BCUT2D eigenvalue weighted by Gasteiger charge is 2.28. The first kappa shape index (κ1) is 33.2. The fourth-order valence-corrected chi connectivity index (χ4v) is 5.16. The van der Waals surface area contributed by atoms with Gasteiger partial charge in [-0.15, -0.1) is 0 Å². The summed E-state index contributed by atoms with van der Waals surface area (Å²) in [6.45, 7) is 22.0. The number of nitrogens with zero attached hydrogens (tertiary/aromatic N) is 1. The molecular formula is C33H59N2O2+. The van der Waals surface area contributed by atoms with Gasteiger partial charge in [0.15, 0.2) is 0 Å². The zero-order valence-corrected chi connectivity index (χ0v) is 25.3. The highest BCUT2D eigenvalue weighted by molar-refractivity contribution is 5.69. The molecule has 0 aliphatic rings. The quantitative estimate of drug-likeness (QED) is 0.131. The van der Waals surface area contributed by atoms with Gasteiger partial charge < -0.3 is 14.5 Å². The topological polar surface area (TPSA) is 38.3 Å². The number of carbonyl (C=O) groups is 1. The fraction of sp³-hybridized carbons (Fsp3) is 0.727. The smallest absolute Gasteiger partial charge is 0.408 e. The van der Waals surface area contributed by atoms with Crippen molar-refractivity contribution in [1.29, 1.82) is 0 Å². The second-order valence-electron chi connectivity index (χ2n) is 11.7. The number of hydrogen-bond acceptors (Lipinski definition) is 2. The van der Waals surface area contributed by atoms with Gasteiger partial charge in [-0.25, -0.2) is 4.79 Å². The summed E-state index contributed by atoms with van der Waals surface area (Å²) in [6, 6.07) is 8.24. The first-order valence-corrected chi connectivity index (χ1v) is 15.3. The molecular weight excluding hydrogens is 456 g/mol. The summed E-state index contributed by atoms with van der Waals surface area (Å²) in [7, 11) is 0. The van der Waals surface area contributed by atoms with E-state index < -0.39 is 5.54 Å². The molecule has 1 N–H and O–H groups in total. The molecule has 0 unspecified atom stereocenters. The van der Waals surface area contributed by atoms with Crippen LogP contribution in [0, 0.1) is 0 Å². The first-order chi connectivity index (χ1) is 17.7. The summed E-state index contributed by atoms with van der Waals surface area (Å²) in [5.74, 6) is 0. The fourth-order valence-electron chi connectivity index (χ4n) is 5.16. The van der Waals surface area contributed by atoms with Crippen LogP contribution in [0.5, 0.6) is 0 Å². The monoisotopic (exact) mass is 515 g/mol. The van der Waals surface area contributed by atoms with Gasteiger partial charge in [0.05, 0.1) is 25.2 Å². The summed E-state index contributed by atoms with van der Waals surface area (Å²) < 4.78 is 6.94. The van der Waals surface area contributed by atoms with Crippen molar-refractivity contribution in [3.63, 3.8) is 0 Å². The minimum absolute atomic E-state index is 0.327. The van der Waals surface area contributed by atoms with E-state index in [-0.39, 0.29) is 6.09 Å². The standard InChI is InChI=1S/C33H58N2O2/c1-8-11-14-17-23-35(24-18-15-12-9-2,25-19-16-13-10-3)26-27-37-32(36)34-33(6,7)31-22-20-21-30(28-31)29(4)5/h20-22,28H,4,8-19,23-27H2,1-3,5-7H3/p+1. The lowest BCUT2D eigenvalue weighted by molar-refractivity contribution is -0.929. The molecule has 4 heteroatoms. The van der Waals surface area contributed by atoms with Gasteiger partial charge in [0.25, 0.3) is 0 Å². The van der Waals surface area contributed by atoms with Crippen molar-refractivity contribution in [3.8, 4) is 0 Å². The first-order valence-electron chi connectivity index (χ1n) is 15.3. The average Bonchev–Trinajstić information content (AvgIpc) is 2.87. The van der Waals surface area contributed by atoms with Gasteiger partial charge in [-0.1, -0.05) is 89.6 Å². The molecule has 0 saturated carbocycles. The van der Waals surface area contributed by atoms with Crippen LogP contribution in [0.15, 0.2) is 30.8 Å². The highest BCUT2D eigenvalue weighted by atomic mass is 16.5. The van der Waals surface area contributed by atoms with Crippen molar-refractivity contribution in [3.05, 3.63) is 42.0 Å². The zero-order chi connectivity index (χ0) is 27.6. The van der Waals surface area contributed by atoms with Crippen LogP contribution in [0.4, 0.5) is 4.79 Å². The predicted molar refractivity (Wildman–Crippen MR) is 161 cm³/mol. The number of allylic oxidation sites excluding steroid dienone is 1. The summed E-state index contributed by atoms with van der Waals surface area (Å²) >= 11 is 0. The van der Waals surface area contributed by atoms with Gasteiger partial charge in [0.1, 0.15) is 13.2 Å². The summed E-state index contributed by atoms with van der Waals surface area (Å²) in [5.41, 5.74) is 2.65. The Labute approximate surface area is 229 Å². The molecule has 1 aromatic rings. The molecule has 4 nitrogen and oxygen atoms in total. The lowest BCUT2D eigenvalue weighted by atomic mass is 9.92. The van der Waals surface area contributed by atoms with Gasteiger partial charge in [-0.3, -0.25) is 0 Å². The maximum atomic E-state index is 12.9. The summed E-state index contributed by atoms with van der Waals surface area (Å²) in [6.07, 6.45) is 15.1. The third-order valence-corrected chi connectivity index (χ3v) is 7.75. The minimum atomic E-state index is -0.519. The van der Waals surface area contributed by atoms with Crippen LogP contribution in [-0.4, -0.2) is 43.4 Å². The van der Waals surface area contributed by atoms with Crippen molar-refractivity contribution in [1.82, 2.24) is 5.32 Å². The number of alkyl carbamates (subject to hydrolysis) is 1. The summed E-state index contributed by atoms with van der Waals surface area (Å²) in [5, 5.41) is 3.11. The molecule has 1 aromatic carbocycles. The maximum Gasteiger partial charge on any atom is 0.408 e. The number of nitrogens with one attached hydrogen (secondary N) is 1. The van der Waals surface area contributed by atoms with Crippen LogP contribution in [-0.2, 0) is 10.3 Å². The molecule has 0 fully saturated rings. The third kappa shape index (κ3) is 13.5. The van der Waals surface area contributed by atoms with Gasteiger partial charge in [0, 0.05) is 0 Å². The highest BCUT2D eigenvalue weighted by Crippen LogP contribution is 2.24. The molecule has 0 radical (unpaired) electrons. The average molecular weight is 516 g/mol. The number of benzene rings is 1. The molecule has 1 rings (SSSR count). The number of rotatable bonds is 21. The van der Waals surface area contributed by atoms with Crippen LogP contribution in [0.2, 0.25) is 0 Å². The Kier molecular flexibility index (Phi) is 16.6. The van der Waals surface area contributed by atoms with Gasteiger partial charge in [-0.2, -0.15) is 0 Å². The van der Waals surface area contributed by atoms with Crippen molar-refractivity contribution in [2.24, 2.45) is 0 Å². The number of hydrogen-bond donors (Lipinski definition) is 1. The Bertz CT molecular complexity index is 740. The molecule has 0 aliphatic heterocycles. The maximum absolute atomic E-state index is 12.9. The van der Waals surface area contributed by atoms with E-state index in [2.05, 4.69) is 50.9 Å². The molecule has 212 valence electrons. The van der Waals surface area contributed by atoms with Crippen LogP contribution in [0.3, 0.4) is 0 Å². The van der Waals surface area contributed by atoms with Crippen LogP contribution < -0.4 is 5.32 Å². The van der Waals surface area contributed by atoms with Crippen molar-refractivity contribution >= 4 is 11.7 Å². The van der Waals surface area contributed by atoms with E-state index >= 15 is 0 Å². The van der Waals surface area contributed by atoms with Gasteiger partial charge >= 0.3 is 6.09 Å². The second kappa shape index (κ2) is 18.4. The SMILES string of the molecule is C=C(C)c1cccc(C(C)(C)NC(=O)OCC[N+](CCCCCC)(CCCCCC)CCCCCC)c1. The number of quaternary nitrogens is 1. The number of unbranched alkanes of at least 4 members (excludes halogenated alkanes) is 9.